The van der Waals surface area contributed by atoms with Crippen LogP contribution >= 0.6 is 0 Å². The van der Waals surface area contributed by atoms with E-state index in [1.54, 1.807) is 36.4 Å². The van der Waals surface area contributed by atoms with Crippen molar-refractivity contribution < 1.29 is 96.8 Å². The lowest BCUT2D eigenvalue weighted by Crippen LogP contribution is -2.81. The monoisotopic (exact) mass is 1030 g/mol. The molecule has 0 aliphatic carbocycles. The molecule has 0 saturated heterocycles. The Hall–Kier alpha value is -7.48. The molecule has 4 nitrogen and oxygen atoms in total. The summed E-state index contributed by atoms with van der Waals surface area (Å²) >= 11 is 0. The van der Waals surface area contributed by atoms with Crippen molar-refractivity contribution in [1.82, 2.24) is 0 Å². The molecule has 1 unspecified atom stereocenters. The fourth-order valence-electron chi connectivity index (χ4n) is 7.22. The Balaban J connectivity index is 0.000000308. The van der Waals surface area contributed by atoms with E-state index in [0.717, 1.165) is 5.56 Å². The molecule has 6 aromatic rings. The third kappa shape index (κ3) is 9.22. The molecule has 0 spiro atoms. The van der Waals surface area contributed by atoms with E-state index in [4.69, 9.17) is 10.5 Å². The quantitative estimate of drug-likeness (QED) is 0.0247. The summed E-state index contributed by atoms with van der Waals surface area (Å²) in [6, 6.07) is 21.5. The third-order valence-corrected chi connectivity index (χ3v) is 12.7. The lowest BCUT2D eigenvalue weighted by atomic mass is 9.12. The Morgan fingerprint density at radius 3 is 0.957 bits per heavy atom. The molecule has 0 aliphatic heterocycles. The zero-order valence-electron chi connectivity index (χ0n) is 33.7. The van der Waals surface area contributed by atoms with Crippen LogP contribution in [-0.4, -0.2) is 23.4 Å². The largest absolute Gasteiger partial charge is 0.289 e. The number of Topliss-reactive ketones (excluding diaryl/α,β-unsaturated/α-hetero) is 1. The van der Waals surface area contributed by atoms with Gasteiger partial charge < -0.3 is 0 Å². The Morgan fingerprint density at radius 2 is 0.686 bits per heavy atom. The molecule has 0 fully saturated rings. The molecule has 6 aromatic carbocycles. The highest BCUT2D eigenvalue weighted by molar-refractivity contribution is 8.03. The van der Waals surface area contributed by atoms with Crippen LogP contribution in [0.15, 0.2) is 72.3 Å². The molecular formula is C44H17BF20N2O2S. The van der Waals surface area contributed by atoms with E-state index in [1.807, 2.05) is 36.4 Å². The number of ketones is 1. The van der Waals surface area contributed by atoms with Crippen LogP contribution in [0.2, 0.25) is 0 Å². The van der Waals surface area contributed by atoms with Crippen LogP contribution in [-0.2, 0) is 19.9 Å². The van der Waals surface area contributed by atoms with Gasteiger partial charge in [-0.3, -0.25) is 4.79 Å². The smallest absolute Gasteiger partial charge is 0.211 e. The van der Waals surface area contributed by atoms with Gasteiger partial charge >= 0.3 is 0 Å². The van der Waals surface area contributed by atoms with Crippen LogP contribution in [0.1, 0.15) is 15.9 Å². The van der Waals surface area contributed by atoms with Gasteiger partial charge in [0.1, 0.15) is 81.9 Å². The van der Waals surface area contributed by atoms with E-state index in [2.05, 4.69) is 0 Å². The van der Waals surface area contributed by atoms with Gasteiger partial charge in [0.05, 0.1) is 9.93 Å². The molecule has 26 heteroatoms. The summed E-state index contributed by atoms with van der Waals surface area (Å²) in [4.78, 5) is 12.5. The topological polar surface area (TPSA) is 81.7 Å². The van der Waals surface area contributed by atoms with E-state index >= 15 is 35.1 Å². The van der Waals surface area contributed by atoms with Gasteiger partial charge in [-0.15, -0.1) is 26.1 Å². The molecule has 0 radical (unpaired) electrons. The number of nitriles is 2. The first-order valence-corrected chi connectivity index (χ1v) is 20.7. The standard InChI is InChI=1S/C24BF20.C20H17N2O2S/c26-5-1(6(27)14(35)21(42)13(5)34)25(2-7(28)15(36)22(43)16(37)8(2)29,3-9(30)17(38)23(44)18(39)10(3)31)4-11(32)19(40)24(45)20(41)12(4)33;21-13-18(14-22)11-12-25(24,15-17-7-3-1-4-8-17)16-20(23)19-9-5-2-6-10-19/h;1-11H,12,15-16H2/q-1;+1. The Kier molecular flexibility index (Phi) is 15.8. The summed E-state index contributed by atoms with van der Waals surface area (Å²) in [5, 5.41) is 17.7. The first kappa shape index (κ1) is 53.5. The SMILES string of the molecule is Fc1c(F)c(F)c([B-](c2c(F)c(F)c(F)c(F)c2F)(c2c(F)c(F)c(F)c(F)c2F)c2c(F)c(F)c(F)c(F)c2F)c(F)c1F.N#CC(C#N)=CC[S+](=O)(CC(=O)c1ccccc1)Cc1ccccc1. The molecule has 0 heterocycles. The normalized spacial score (nSPS) is 12.1. The van der Waals surface area contributed by atoms with E-state index in [9.17, 15) is 61.7 Å². The molecule has 0 N–H and O–H groups in total. The zero-order valence-corrected chi connectivity index (χ0v) is 34.5. The predicted octanol–water partition coefficient (Wildman–Crippen LogP) is 9.39. The lowest BCUT2D eigenvalue weighted by Gasteiger charge is -2.44. The zero-order chi connectivity index (χ0) is 52.5. The molecule has 0 aromatic heterocycles. The van der Waals surface area contributed by atoms with E-state index in [0.29, 0.717) is 5.56 Å². The maximum absolute atomic E-state index is 15.4. The average Bonchev–Trinajstić information content (AvgIpc) is 3.34. The summed E-state index contributed by atoms with van der Waals surface area (Å²) < 4.78 is 307. The Labute approximate surface area is 379 Å². The van der Waals surface area contributed by atoms with Crippen molar-refractivity contribution in [3.63, 3.8) is 0 Å². The molecule has 0 aliphatic rings. The van der Waals surface area contributed by atoms with Gasteiger partial charge in [-0.05, 0) is 6.08 Å². The molecule has 0 saturated carbocycles. The maximum Gasteiger partial charge on any atom is 0.211 e. The van der Waals surface area contributed by atoms with Crippen LogP contribution in [0.3, 0.4) is 0 Å². The number of nitrogens with zero attached hydrogens (tertiary/aromatic N) is 2. The number of carbonyl (C=O) groups is 1. The van der Waals surface area contributed by atoms with Gasteiger partial charge in [-0.2, -0.15) is 10.5 Å². The fourth-order valence-corrected chi connectivity index (χ4v) is 9.47. The second-order valence-corrected chi connectivity index (χ2v) is 17.2. The van der Waals surface area contributed by atoms with Crippen molar-refractivity contribution in [2.75, 3.05) is 11.5 Å². The fraction of sp³-hybridized carbons (Fsp3) is 0.0682. The van der Waals surface area contributed by atoms with Crippen molar-refractivity contribution in [2.24, 2.45) is 0 Å². The maximum atomic E-state index is 15.4. The van der Waals surface area contributed by atoms with Crippen molar-refractivity contribution in [3.05, 3.63) is 200 Å². The molecule has 6 rings (SSSR count). The van der Waals surface area contributed by atoms with Crippen LogP contribution in [0.5, 0.6) is 0 Å². The Morgan fingerprint density at radius 1 is 0.429 bits per heavy atom. The number of hydrogen-bond acceptors (Lipinski definition) is 4. The minimum absolute atomic E-state index is 0.0247. The highest BCUT2D eigenvalue weighted by Gasteiger charge is 2.52. The van der Waals surface area contributed by atoms with Gasteiger partial charge in [0.2, 0.25) is 5.78 Å². The van der Waals surface area contributed by atoms with Gasteiger partial charge in [-0.1, -0.05) is 60.7 Å². The second kappa shape index (κ2) is 20.6. The van der Waals surface area contributed by atoms with Crippen LogP contribution in [0, 0.1) is 139 Å². The molecule has 364 valence electrons. The first-order valence-electron chi connectivity index (χ1n) is 18.6. The van der Waals surface area contributed by atoms with E-state index in [1.165, 1.54) is 6.08 Å². The highest BCUT2D eigenvalue weighted by atomic mass is 32.2. The van der Waals surface area contributed by atoms with Gasteiger partial charge in [-0.25, -0.2) is 87.8 Å². The van der Waals surface area contributed by atoms with Crippen LogP contribution in [0.25, 0.3) is 0 Å². The molecular weight excluding hydrogens is 1010 g/mol. The van der Waals surface area contributed by atoms with Gasteiger partial charge in [0.25, 0.3) is 0 Å². The number of halogens is 20. The highest BCUT2D eigenvalue weighted by Crippen LogP contribution is 2.31. The predicted molar refractivity (Wildman–Crippen MR) is 207 cm³/mol. The minimum atomic E-state index is -7.22. The van der Waals surface area contributed by atoms with Crippen molar-refractivity contribution in [2.45, 2.75) is 5.75 Å². The van der Waals surface area contributed by atoms with Gasteiger partial charge in [0.15, 0.2) is 75.6 Å². The van der Waals surface area contributed by atoms with Crippen molar-refractivity contribution in [1.29, 1.82) is 10.5 Å². The third-order valence-electron chi connectivity index (χ3n) is 10.3. The second-order valence-electron chi connectivity index (χ2n) is 14.3. The molecule has 1 atom stereocenters. The number of hydrogen-bond donors (Lipinski definition) is 0. The van der Waals surface area contributed by atoms with Crippen molar-refractivity contribution in [3.8, 4) is 12.1 Å². The number of benzene rings is 6. The summed E-state index contributed by atoms with van der Waals surface area (Å²) in [7, 11) is -2.63. The molecule has 70 heavy (non-hydrogen) atoms. The average molecular weight is 1030 g/mol. The minimum Gasteiger partial charge on any atom is -0.289 e. The summed E-state index contributed by atoms with van der Waals surface area (Å²) in [6.45, 7) is 0. The number of carbonyl (C=O) groups excluding carboxylic acids is 1. The van der Waals surface area contributed by atoms with E-state index in [-0.39, 0.29) is 28.6 Å². The number of rotatable bonds is 11. The molecule has 0 amide bonds. The first-order chi connectivity index (χ1) is 32.8. The lowest BCUT2D eigenvalue weighted by molar-refractivity contribution is 0.102. The summed E-state index contributed by atoms with van der Waals surface area (Å²) in [6.07, 6.45) is -5.85. The number of allylic oxidation sites excluding steroid dienone is 1. The molecule has 0 bridgehead atoms. The van der Waals surface area contributed by atoms with Crippen LogP contribution in [0.4, 0.5) is 87.8 Å². The van der Waals surface area contributed by atoms with Crippen LogP contribution < -0.4 is 21.9 Å². The van der Waals surface area contributed by atoms with E-state index < -0.39 is 154 Å². The van der Waals surface area contributed by atoms with Crippen molar-refractivity contribution >= 4 is 43.7 Å². The summed E-state index contributed by atoms with van der Waals surface area (Å²) in [5.74, 6) is -71.5. The summed E-state index contributed by atoms with van der Waals surface area (Å²) in [5.41, 5.74) is -13.1. The van der Waals surface area contributed by atoms with Gasteiger partial charge in [0, 0.05) is 11.1 Å². The Bertz CT molecular complexity index is 2870.